The summed E-state index contributed by atoms with van der Waals surface area (Å²) in [6, 6.07) is 58.6. The highest BCUT2D eigenvalue weighted by atomic mass is 14.4. The summed E-state index contributed by atoms with van der Waals surface area (Å²) in [5.41, 5.74) is 26.4. The lowest BCUT2D eigenvalue weighted by atomic mass is 9.75. The summed E-state index contributed by atoms with van der Waals surface area (Å²) in [7, 11) is 0. The van der Waals surface area contributed by atoms with Gasteiger partial charge in [0.1, 0.15) is 0 Å². The molecule has 10 aromatic rings. The van der Waals surface area contributed by atoms with Crippen molar-refractivity contribution in [3.8, 4) is 77.9 Å². The van der Waals surface area contributed by atoms with Crippen LogP contribution in [0, 0.1) is 0 Å². The molecule has 12 rings (SSSR count). The monoisotopic (exact) mass is 991 g/mol. The Labute approximate surface area is 454 Å². The van der Waals surface area contributed by atoms with Crippen LogP contribution < -0.4 is 0 Å². The molecule has 0 heteroatoms. The van der Waals surface area contributed by atoms with Crippen molar-refractivity contribution in [2.24, 2.45) is 0 Å². The molecule has 0 saturated heterocycles. The summed E-state index contributed by atoms with van der Waals surface area (Å²) in [5, 5.41) is 10.6. The summed E-state index contributed by atoms with van der Waals surface area (Å²) in [6.07, 6.45) is 0. The molecule has 2 aliphatic rings. The first-order valence-corrected chi connectivity index (χ1v) is 28.1. The third-order valence-corrected chi connectivity index (χ3v) is 17.4. The Bertz CT molecular complexity index is 4050. The summed E-state index contributed by atoms with van der Waals surface area (Å²) in [4.78, 5) is 0. The molecule has 0 spiro atoms. The Kier molecular flexibility index (Phi) is 10.8. The fourth-order valence-electron chi connectivity index (χ4n) is 12.6. The molecule has 382 valence electrons. The van der Waals surface area contributed by atoms with Gasteiger partial charge in [-0.2, -0.15) is 0 Å². The van der Waals surface area contributed by atoms with Crippen molar-refractivity contribution < 1.29 is 0 Å². The summed E-state index contributed by atoms with van der Waals surface area (Å²) in [6.45, 7) is 42.6. The number of hydrogen-bond acceptors (Lipinski definition) is 0. The van der Waals surface area contributed by atoms with Gasteiger partial charge in [-0.1, -0.05) is 240 Å². The lowest BCUT2D eigenvalue weighted by molar-refractivity contribution is 0.568. The van der Waals surface area contributed by atoms with Gasteiger partial charge in [0.05, 0.1) is 0 Å². The molecule has 0 amide bonds. The first-order chi connectivity index (χ1) is 35.4. The zero-order chi connectivity index (χ0) is 54.1. The van der Waals surface area contributed by atoms with Gasteiger partial charge in [-0.15, -0.1) is 0 Å². The molecule has 0 saturated carbocycles. The van der Waals surface area contributed by atoms with Gasteiger partial charge in [0, 0.05) is 0 Å². The molecule has 0 unspecified atom stereocenters. The SMILES string of the molecule is CC(C)(C)c1cc(-c2c3c(c(-c4cc(C(C)(C)C)cc(C(C)(C)C)c4)c4cc(-c5ccc6c(c5)-c5cc(C(C)(C)C)cc7cc(C(C)(C)C)cc-6c57)ccc24)-c2cccc4c2c-3cc2ccccc24)cc(C(C)(C)C)c1. The molecule has 10 aromatic carbocycles. The second kappa shape index (κ2) is 16.4. The van der Waals surface area contributed by atoms with Crippen LogP contribution in [0.2, 0.25) is 0 Å². The van der Waals surface area contributed by atoms with Crippen molar-refractivity contribution in [1.29, 1.82) is 0 Å². The molecule has 0 bridgehead atoms. The second-order valence-corrected chi connectivity index (χ2v) is 29.1. The molecule has 0 aromatic heterocycles. The van der Waals surface area contributed by atoms with Gasteiger partial charge >= 0.3 is 0 Å². The van der Waals surface area contributed by atoms with Crippen LogP contribution in [0.5, 0.6) is 0 Å². The predicted octanol–water partition coefficient (Wildman–Crippen LogP) is 22.4. The van der Waals surface area contributed by atoms with E-state index in [1.807, 2.05) is 0 Å². The summed E-state index contributed by atoms with van der Waals surface area (Å²) < 4.78 is 0. The number of hydrogen-bond donors (Lipinski definition) is 0. The van der Waals surface area contributed by atoms with Crippen molar-refractivity contribution >= 4 is 43.1 Å². The van der Waals surface area contributed by atoms with E-state index in [4.69, 9.17) is 0 Å². The van der Waals surface area contributed by atoms with Crippen LogP contribution >= 0.6 is 0 Å². The number of benzene rings is 10. The highest BCUT2D eigenvalue weighted by Crippen LogP contribution is 2.60. The van der Waals surface area contributed by atoms with Gasteiger partial charge in [-0.05, 0) is 217 Å². The topological polar surface area (TPSA) is 0 Å². The minimum absolute atomic E-state index is 0.00355. The van der Waals surface area contributed by atoms with Crippen LogP contribution in [-0.2, 0) is 32.5 Å². The number of rotatable bonds is 3. The molecule has 0 fully saturated rings. The van der Waals surface area contributed by atoms with E-state index < -0.39 is 0 Å². The van der Waals surface area contributed by atoms with E-state index >= 15 is 0 Å². The molecule has 0 nitrogen and oxygen atoms in total. The molecular formula is C76H78. The summed E-state index contributed by atoms with van der Waals surface area (Å²) in [5.74, 6) is 0. The quantitative estimate of drug-likeness (QED) is 0.155. The van der Waals surface area contributed by atoms with Crippen molar-refractivity contribution in [2.45, 2.75) is 157 Å². The van der Waals surface area contributed by atoms with Gasteiger partial charge in [-0.25, -0.2) is 0 Å². The molecular weight excluding hydrogens is 913 g/mol. The molecule has 0 aliphatic heterocycles. The minimum Gasteiger partial charge on any atom is -0.0616 e. The number of fused-ring (bicyclic) bond motifs is 9. The van der Waals surface area contributed by atoms with Crippen LogP contribution in [0.3, 0.4) is 0 Å². The van der Waals surface area contributed by atoms with Crippen LogP contribution in [0.15, 0.2) is 146 Å². The average molecular weight is 991 g/mol. The van der Waals surface area contributed by atoms with Gasteiger partial charge < -0.3 is 0 Å². The predicted molar refractivity (Wildman–Crippen MR) is 334 cm³/mol. The van der Waals surface area contributed by atoms with Gasteiger partial charge in [0.15, 0.2) is 0 Å². The van der Waals surface area contributed by atoms with E-state index in [1.165, 1.54) is 154 Å². The normalized spacial score (nSPS) is 13.7. The fraction of sp³-hybridized carbons (Fsp3) is 0.316. The van der Waals surface area contributed by atoms with E-state index in [-0.39, 0.29) is 32.5 Å². The van der Waals surface area contributed by atoms with Gasteiger partial charge in [-0.3, -0.25) is 0 Å². The molecule has 0 heterocycles. The van der Waals surface area contributed by atoms with Gasteiger partial charge in [0.25, 0.3) is 0 Å². The Morgan fingerprint density at radius 1 is 0.211 bits per heavy atom. The Morgan fingerprint density at radius 2 is 0.658 bits per heavy atom. The lowest BCUT2D eigenvalue weighted by Crippen LogP contribution is -2.17. The van der Waals surface area contributed by atoms with E-state index in [2.05, 4.69) is 270 Å². The maximum Gasteiger partial charge on any atom is -0.000719 e. The first kappa shape index (κ1) is 50.1. The van der Waals surface area contributed by atoms with E-state index in [0.717, 1.165) is 0 Å². The van der Waals surface area contributed by atoms with Gasteiger partial charge in [0.2, 0.25) is 0 Å². The van der Waals surface area contributed by atoms with Crippen LogP contribution in [0.4, 0.5) is 0 Å². The van der Waals surface area contributed by atoms with Crippen molar-refractivity contribution in [3.63, 3.8) is 0 Å². The first-order valence-electron chi connectivity index (χ1n) is 28.1. The van der Waals surface area contributed by atoms with Crippen LogP contribution in [-0.4, -0.2) is 0 Å². The van der Waals surface area contributed by atoms with Crippen LogP contribution in [0.25, 0.3) is 121 Å². The second-order valence-electron chi connectivity index (χ2n) is 29.1. The Morgan fingerprint density at radius 3 is 1.20 bits per heavy atom. The van der Waals surface area contributed by atoms with Crippen molar-refractivity contribution in [1.82, 2.24) is 0 Å². The maximum absolute atomic E-state index is 2.58. The molecule has 2 aliphatic carbocycles. The van der Waals surface area contributed by atoms with E-state index in [0.29, 0.717) is 0 Å². The molecule has 76 heavy (non-hydrogen) atoms. The zero-order valence-corrected chi connectivity index (χ0v) is 48.9. The largest absolute Gasteiger partial charge is 0.0616 e. The smallest absolute Gasteiger partial charge is 0.000719 e. The van der Waals surface area contributed by atoms with Crippen molar-refractivity contribution in [2.75, 3.05) is 0 Å². The third-order valence-electron chi connectivity index (χ3n) is 17.4. The van der Waals surface area contributed by atoms with Crippen molar-refractivity contribution in [3.05, 3.63) is 179 Å². The highest BCUT2D eigenvalue weighted by molar-refractivity contribution is 6.31. The van der Waals surface area contributed by atoms with E-state index in [1.54, 1.807) is 0 Å². The molecule has 0 atom stereocenters. The Hall–Kier alpha value is -6.76. The maximum atomic E-state index is 2.58. The Balaban J connectivity index is 1.24. The summed E-state index contributed by atoms with van der Waals surface area (Å²) >= 11 is 0. The van der Waals surface area contributed by atoms with Crippen LogP contribution in [0.1, 0.15) is 158 Å². The zero-order valence-electron chi connectivity index (χ0n) is 48.9. The standard InChI is InChI=1S/C76H78/c1-71(2,3)49-32-47(33-50(39-49)72(4,5)6)66-58-29-27-44(43-26-28-56-60(36-43)63-42-54(76(16,17)18)31-46-30-53(75(13,14)15)41-62(56)65(46)63)37-61(58)67(48-34-51(73(7,8)9)40-52(35-48)74(10,11)12)69-59-25-21-24-57-55-23-20-19-22-45(55)38-64(68(57)59)70(66)69/h19-42H,1-18H3. The molecule has 0 radical (unpaired) electrons. The fourth-order valence-corrected chi connectivity index (χ4v) is 12.6. The van der Waals surface area contributed by atoms with E-state index in [9.17, 15) is 0 Å². The highest BCUT2D eigenvalue weighted by Gasteiger charge is 2.35. The average Bonchev–Trinajstić information content (AvgIpc) is 4.09. The third kappa shape index (κ3) is 7.98. The molecule has 0 N–H and O–H groups in total. The minimum atomic E-state index is -0.0666. The lowest BCUT2D eigenvalue weighted by Gasteiger charge is -2.29.